The van der Waals surface area contributed by atoms with E-state index in [2.05, 4.69) is 14.8 Å². The second kappa shape index (κ2) is 2.88. The summed E-state index contributed by atoms with van der Waals surface area (Å²) in [5.74, 6) is 1.03. The Kier molecular flexibility index (Phi) is 1.96. The fourth-order valence-corrected chi connectivity index (χ4v) is 2.11. The van der Waals surface area contributed by atoms with E-state index in [9.17, 15) is 8.42 Å². The summed E-state index contributed by atoms with van der Waals surface area (Å²) in [6.45, 7) is 0.140. The van der Waals surface area contributed by atoms with E-state index in [1.54, 1.807) is 6.07 Å². The molecule has 0 atom stereocenters. The van der Waals surface area contributed by atoms with Gasteiger partial charge in [-0.25, -0.2) is 8.42 Å². The zero-order chi connectivity index (χ0) is 9.47. The number of halogens is 1. The highest BCUT2D eigenvalue weighted by Crippen LogP contribution is 2.34. The lowest BCUT2D eigenvalue weighted by Gasteiger charge is -1.98. The molecule has 6 heteroatoms. The van der Waals surface area contributed by atoms with Crippen LogP contribution in [0.1, 0.15) is 0 Å². The fraction of sp³-hybridized carbons (Fsp3) is 0.143. The molecule has 0 saturated heterocycles. The maximum Gasteiger partial charge on any atom is 0.237 e. The molecule has 0 fully saturated rings. The van der Waals surface area contributed by atoms with Gasteiger partial charge in [0.1, 0.15) is 0 Å². The van der Waals surface area contributed by atoms with Crippen LogP contribution < -0.4 is 9.47 Å². The first-order chi connectivity index (χ1) is 6.07. The first kappa shape index (κ1) is 8.83. The Bertz CT molecular complexity index is 440. The van der Waals surface area contributed by atoms with E-state index in [1.165, 1.54) is 12.1 Å². The molecule has 0 unspecified atom stereocenters. The van der Waals surface area contributed by atoms with Crippen LogP contribution in [0.25, 0.3) is 0 Å². The van der Waals surface area contributed by atoms with E-state index in [0.29, 0.717) is 11.5 Å². The van der Waals surface area contributed by atoms with E-state index in [0.717, 1.165) is 0 Å². The third-order valence-corrected chi connectivity index (χ3v) is 3.56. The number of benzene rings is 1. The van der Waals surface area contributed by atoms with Crippen LogP contribution in [0.15, 0.2) is 23.1 Å². The average molecular weight is 265 g/mol. The molecule has 4 nitrogen and oxygen atoms in total. The lowest BCUT2D eigenvalue weighted by atomic mass is 10.3. The van der Waals surface area contributed by atoms with Crippen molar-refractivity contribution >= 4 is 23.1 Å². The summed E-state index contributed by atoms with van der Waals surface area (Å²) < 4.78 is 32.2. The lowest BCUT2D eigenvalue weighted by Crippen LogP contribution is -1.93. The molecule has 0 spiro atoms. The van der Waals surface area contributed by atoms with Crippen molar-refractivity contribution in [3.8, 4) is 11.5 Å². The van der Waals surface area contributed by atoms with Gasteiger partial charge >= 0.3 is 0 Å². The largest absolute Gasteiger partial charge is 0.454 e. The normalized spacial score (nSPS) is 14.5. The maximum atomic E-state index is 11.1. The first-order valence-corrected chi connectivity index (χ1v) is 6.74. The smallest absolute Gasteiger partial charge is 0.237 e. The van der Waals surface area contributed by atoms with Gasteiger partial charge in [0.15, 0.2) is 11.5 Å². The zero-order valence-electron chi connectivity index (χ0n) is 6.36. The average Bonchev–Trinajstić information content (AvgIpc) is 2.47. The molecule has 0 bridgehead atoms. The molecule has 0 saturated carbocycles. The van der Waals surface area contributed by atoms with Gasteiger partial charge in [-0.1, -0.05) is 0 Å². The molecule has 0 N–H and O–H groups in total. The quantitative estimate of drug-likeness (QED) is 0.722. The summed E-state index contributed by atoms with van der Waals surface area (Å²) >= 11 is 2.57. The van der Waals surface area contributed by atoms with Crippen molar-refractivity contribution in [1.29, 1.82) is 0 Å². The van der Waals surface area contributed by atoms with Crippen molar-refractivity contribution < 1.29 is 17.9 Å². The highest BCUT2D eigenvalue weighted by molar-refractivity contribution is 9.47. The minimum atomic E-state index is -3.35. The minimum absolute atomic E-state index is 0.140. The van der Waals surface area contributed by atoms with Crippen LogP contribution >= 0.6 is 14.8 Å². The van der Waals surface area contributed by atoms with E-state index in [4.69, 9.17) is 9.47 Å². The Balaban J connectivity index is 2.54. The zero-order valence-corrected chi connectivity index (χ0v) is 8.76. The van der Waals surface area contributed by atoms with Crippen molar-refractivity contribution in [2.45, 2.75) is 4.90 Å². The lowest BCUT2D eigenvalue weighted by molar-refractivity contribution is 0.174. The van der Waals surface area contributed by atoms with E-state index in [1.807, 2.05) is 0 Å². The summed E-state index contributed by atoms with van der Waals surface area (Å²) in [4.78, 5) is 0.164. The van der Waals surface area contributed by atoms with E-state index >= 15 is 0 Å². The van der Waals surface area contributed by atoms with Gasteiger partial charge in [0.25, 0.3) is 0 Å². The maximum absolute atomic E-state index is 11.1. The molecule has 1 aromatic carbocycles. The van der Waals surface area contributed by atoms with Crippen molar-refractivity contribution in [3.63, 3.8) is 0 Å². The number of hydrogen-bond acceptors (Lipinski definition) is 4. The Labute approximate surface area is 82.6 Å². The fourth-order valence-electron chi connectivity index (χ4n) is 1.03. The van der Waals surface area contributed by atoms with Crippen LogP contribution in [0.5, 0.6) is 11.5 Å². The van der Waals surface area contributed by atoms with Gasteiger partial charge in [-0.2, -0.15) is 0 Å². The molecule has 1 aliphatic rings. The Hall–Kier alpha value is -0.750. The number of fused-ring (bicyclic) bond motifs is 1. The molecule has 2 rings (SSSR count). The second-order valence-electron chi connectivity index (χ2n) is 2.45. The molecular formula is C7H5BrO4S. The van der Waals surface area contributed by atoms with E-state index in [-0.39, 0.29) is 11.7 Å². The Morgan fingerprint density at radius 1 is 1.23 bits per heavy atom. The highest BCUT2D eigenvalue weighted by Gasteiger charge is 2.17. The standard InChI is InChI=1S/C7H5BrO4S/c8-13(9,10)5-1-2-6-7(3-5)12-4-11-6/h1-3H,4H2. The minimum Gasteiger partial charge on any atom is -0.454 e. The molecule has 13 heavy (non-hydrogen) atoms. The van der Waals surface area contributed by atoms with Gasteiger partial charge in [-0.05, 0) is 12.1 Å². The van der Waals surface area contributed by atoms with Crippen LogP contribution in [0, 0.1) is 0 Å². The molecule has 1 aliphatic heterocycles. The predicted molar refractivity (Wildman–Crippen MR) is 48.7 cm³/mol. The molecule has 1 aromatic rings. The van der Waals surface area contributed by atoms with Gasteiger partial charge in [0.2, 0.25) is 15.1 Å². The Morgan fingerprint density at radius 2 is 1.92 bits per heavy atom. The van der Waals surface area contributed by atoms with Crippen molar-refractivity contribution in [3.05, 3.63) is 18.2 Å². The summed E-state index contributed by atoms with van der Waals surface area (Å²) in [5.41, 5.74) is 0. The molecule has 1 heterocycles. The molecule has 0 amide bonds. The van der Waals surface area contributed by atoms with Gasteiger partial charge in [0.05, 0.1) is 19.7 Å². The van der Waals surface area contributed by atoms with Gasteiger partial charge < -0.3 is 9.47 Å². The van der Waals surface area contributed by atoms with Crippen LogP contribution in [-0.4, -0.2) is 15.2 Å². The van der Waals surface area contributed by atoms with Gasteiger partial charge in [-0.15, -0.1) is 0 Å². The number of rotatable bonds is 1. The van der Waals surface area contributed by atoms with Gasteiger partial charge in [0, 0.05) is 6.07 Å². The summed E-state index contributed by atoms with van der Waals surface area (Å²) in [7, 11) is -3.35. The molecule has 0 radical (unpaired) electrons. The first-order valence-electron chi connectivity index (χ1n) is 3.42. The summed E-state index contributed by atoms with van der Waals surface area (Å²) in [6, 6.07) is 4.44. The topological polar surface area (TPSA) is 52.6 Å². The van der Waals surface area contributed by atoms with Crippen LogP contribution in [-0.2, 0) is 8.27 Å². The van der Waals surface area contributed by atoms with Gasteiger partial charge in [-0.3, -0.25) is 0 Å². The summed E-state index contributed by atoms with van der Waals surface area (Å²) in [5, 5.41) is 0. The summed E-state index contributed by atoms with van der Waals surface area (Å²) in [6.07, 6.45) is 0. The second-order valence-corrected chi connectivity index (χ2v) is 6.36. The molecule has 0 aliphatic carbocycles. The third-order valence-electron chi connectivity index (χ3n) is 1.63. The van der Waals surface area contributed by atoms with Crippen LogP contribution in [0.2, 0.25) is 0 Å². The van der Waals surface area contributed by atoms with E-state index < -0.39 is 8.27 Å². The van der Waals surface area contributed by atoms with Crippen molar-refractivity contribution in [2.24, 2.45) is 0 Å². The highest BCUT2D eigenvalue weighted by atomic mass is 79.9. The Morgan fingerprint density at radius 3 is 2.62 bits per heavy atom. The molecule has 70 valence electrons. The van der Waals surface area contributed by atoms with Crippen molar-refractivity contribution in [2.75, 3.05) is 6.79 Å². The monoisotopic (exact) mass is 264 g/mol. The van der Waals surface area contributed by atoms with Crippen molar-refractivity contribution in [1.82, 2.24) is 0 Å². The molecular weight excluding hydrogens is 260 g/mol. The third kappa shape index (κ3) is 1.64. The number of ether oxygens (including phenoxy) is 2. The molecule has 0 aromatic heterocycles. The predicted octanol–water partition coefficient (Wildman–Crippen LogP) is 1.50. The van der Waals surface area contributed by atoms with Crippen LogP contribution in [0.3, 0.4) is 0 Å². The SMILES string of the molecule is O=S(=O)(Br)c1ccc2c(c1)OCO2. The number of hydrogen-bond donors (Lipinski definition) is 0. The van der Waals surface area contributed by atoms with Crippen LogP contribution in [0.4, 0.5) is 0 Å².